The third-order valence-electron chi connectivity index (χ3n) is 3.58. The molecule has 0 fully saturated rings. The average molecular weight is 321 g/mol. The van der Waals surface area contributed by atoms with Crippen molar-refractivity contribution in [2.75, 3.05) is 0 Å². The highest BCUT2D eigenvalue weighted by molar-refractivity contribution is 9.10. The Morgan fingerprint density at radius 3 is 3.05 bits per heavy atom. The summed E-state index contributed by atoms with van der Waals surface area (Å²) in [4.78, 5) is 0. The van der Waals surface area contributed by atoms with E-state index in [1.54, 1.807) is 0 Å². The van der Waals surface area contributed by atoms with Gasteiger partial charge in [0.25, 0.3) is 0 Å². The summed E-state index contributed by atoms with van der Waals surface area (Å²) in [6.07, 6.45) is 2.25. The van der Waals surface area contributed by atoms with Crippen molar-refractivity contribution in [3.63, 3.8) is 0 Å². The molecule has 100 valence electrons. The number of aryl methyl sites for hydroxylation is 1. The highest BCUT2D eigenvalue weighted by atomic mass is 79.9. The molecule has 1 N–H and O–H groups in total. The van der Waals surface area contributed by atoms with E-state index >= 15 is 0 Å². The van der Waals surface area contributed by atoms with Gasteiger partial charge in [-0.3, -0.25) is 0 Å². The fourth-order valence-electron chi connectivity index (χ4n) is 2.49. The van der Waals surface area contributed by atoms with Crippen LogP contribution in [0.25, 0.3) is 0 Å². The summed E-state index contributed by atoms with van der Waals surface area (Å²) in [5.41, 5.74) is 1.26. The van der Waals surface area contributed by atoms with Crippen LogP contribution in [0.4, 0.5) is 0 Å². The first-order chi connectivity index (χ1) is 9.25. The van der Waals surface area contributed by atoms with E-state index in [1.807, 2.05) is 6.07 Å². The van der Waals surface area contributed by atoms with Crippen LogP contribution in [0.5, 0.6) is 0 Å². The van der Waals surface area contributed by atoms with Crippen LogP contribution in [-0.4, -0.2) is 14.8 Å². The van der Waals surface area contributed by atoms with E-state index in [0.29, 0.717) is 0 Å². The van der Waals surface area contributed by atoms with Crippen molar-refractivity contribution >= 4 is 15.9 Å². The van der Waals surface area contributed by atoms with Gasteiger partial charge in [0.1, 0.15) is 11.6 Å². The van der Waals surface area contributed by atoms with Gasteiger partial charge in [-0.15, -0.1) is 10.2 Å². The topological polar surface area (TPSA) is 42.7 Å². The molecule has 1 unspecified atom stereocenters. The van der Waals surface area contributed by atoms with E-state index in [-0.39, 0.29) is 6.04 Å². The van der Waals surface area contributed by atoms with E-state index in [9.17, 15) is 0 Å². The number of hydrogen-bond acceptors (Lipinski definition) is 3. The Balaban J connectivity index is 1.68. The Labute approximate surface area is 121 Å². The molecule has 3 rings (SSSR count). The zero-order valence-corrected chi connectivity index (χ0v) is 12.5. The van der Waals surface area contributed by atoms with Gasteiger partial charge in [0.05, 0.1) is 6.04 Å². The summed E-state index contributed by atoms with van der Waals surface area (Å²) in [5, 5.41) is 12.1. The van der Waals surface area contributed by atoms with Crippen LogP contribution < -0.4 is 5.32 Å². The van der Waals surface area contributed by atoms with Gasteiger partial charge < -0.3 is 9.88 Å². The third-order valence-corrected chi connectivity index (χ3v) is 4.36. The SMILES string of the molecule is CC(NCc1ccccc1Br)c1nnc2n1CCC2. The minimum Gasteiger partial charge on any atom is -0.314 e. The molecule has 0 spiro atoms. The minimum absolute atomic E-state index is 0.214. The average Bonchev–Trinajstić information content (AvgIpc) is 2.99. The molecule has 0 aliphatic carbocycles. The fourth-order valence-corrected chi connectivity index (χ4v) is 2.91. The lowest BCUT2D eigenvalue weighted by molar-refractivity contribution is 0.515. The van der Waals surface area contributed by atoms with Crippen molar-refractivity contribution in [3.8, 4) is 0 Å². The Hall–Kier alpha value is -1.20. The maximum absolute atomic E-state index is 4.31. The van der Waals surface area contributed by atoms with Crippen LogP contribution in [0.15, 0.2) is 28.7 Å². The van der Waals surface area contributed by atoms with E-state index in [4.69, 9.17) is 0 Å². The molecule has 5 heteroatoms. The van der Waals surface area contributed by atoms with Crippen LogP contribution in [-0.2, 0) is 19.5 Å². The minimum atomic E-state index is 0.214. The van der Waals surface area contributed by atoms with Crippen molar-refractivity contribution in [3.05, 3.63) is 46.0 Å². The Morgan fingerprint density at radius 1 is 1.37 bits per heavy atom. The quantitative estimate of drug-likeness (QED) is 0.942. The van der Waals surface area contributed by atoms with Gasteiger partial charge in [0.2, 0.25) is 0 Å². The maximum atomic E-state index is 4.31. The molecule has 0 bridgehead atoms. The summed E-state index contributed by atoms with van der Waals surface area (Å²) in [5.74, 6) is 2.18. The zero-order chi connectivity index (χ0) is 13.2. The number of nitrogens with zero attached hydrogens (tertiary/aromatic N) is 3. The number of benzene rings is 1. The second kappa shape index (κ2) is 5.43. The monoisotopic (exact) mass is 320 g/mol. The van der Waals surface area contributed by atoms with Gasteiger partial charge in [-0.2, -0.15) is 0 Å². The van der Waals surface area contributed by atoms with Crippen LogP contribution >= 0.6 is 15.9 Å². The molecule has 0 saturated carbocycles. The van der Waals surface area contributed by atoms with Crippen molar-refractivity contribution < 1.29 is 0 Å². The molecule has 0 radical (unpaired) electrons. The highest BCUT2D eigenvalue weighted by Crippen LogP contribution is 2.20. The molecule has 4 nitrogen and oxygen atoms in total. The van der Waals surface area contributed by atoms with Gasteiger partial charge in [-0.25, -0.2) is 0 Å². The molecule has 1 aromatic heterocycles. The molecule has 1 atom stereocenters. The number of hydrogen-bond donors (Lipinski definition) is 1. The smallest absolute Gasteiger partial charge is 0.149 e. The molecule has 2 aromatic rings. The lowest BCUT2D eigenvalue weighted by atomic mass is 10.2. The molecule has 1 aliphatic rings. The number of rotatable bonds is 4. The lowest BCUT2D eigenvalue weighted by Gasteiger charge is -2.14. The van der Waals surface area contributed by atoms with E-state index in [1.165, 1.54) is 12.0 Å². The molecule has 0 amide bonds. The van der Waals surface area contributed by atoms with Crippen LogP contribution in [0.2, 0.25) is 0 Å². The van der Waals surface area contributed by atoms with E-state index < -0.39 is 0 Å². The first kappa shape index (κ1) is 12.8. The van der Waals surface area contributed by atoms with Crippen LogP contribution in [0.1, 0.15) is 36.6 Å². The predicted molar refractivity (Wildman–Crippen MR) is 77.7 cm³/mol. The van der Waals surface area contributed by atoms with Gasteiger partial charge in [-0.1, -0.05) is 34.1 Å². The standard InChI is InChI=1S/C14H17BrN4/c1-10(14-18-17-13-7-4-8-19(13)14)16-9-11-5-2-3-6-12(11)15/h2-3,5-6,10,16H,4,7-9H2,1H3. The van der Waals surface area contributed by atoms with Crippen molar-refractivity contribution in [1.29, 1.82) is 0 Å². The molecule has 2 heterocycles. The number of nitrogens with one attached hydrogen (secondary N) is 1. The maximum Gasteiger partial charge on any atom is 0.149 e. The number of fused-ring (bicyclic) bond motifs is 1. The summed E-state index contributed by atoms with van der Waals surface area (Å²) in [6, 6.07) is 8.49. The summed E-state index contributed by atoms with van der Waals surface area (Å²) < 4.78 is 3.39. The molecular weight excluding hydrogens is 304 g/mol. The second-order valence-electron chi connectivity index (χ2n) is 4.92. The molecule has 1 aromatic carbocycles. The third kappa shape index (κ3) is 2.58. The van der Waals surface area contributed by atoms with Crippen molar-refractivity contribution in [1.82, 2.24) is 20.1 Å². The summed E-state index contributed by atoms with van der Waals surface area (Å²) >= 11 is 3.57. The molecule has 1 aliphatic heterocycles. The number of halogens is 1. The predicted octanol–water partition coefficient (Wildman–Crippen LogP) is 2.84. The first-order valence-corrected chi connectivity index (χ1v) is 7.44. The molecular formula is C14H17BrN4. The Kier molecular flexibility index (Phi) is 3.66. The van der Waals surface area contributed by atoms with E-state index in [0.717, 1.165) is 35.6 Å². The largest absolute Gasteiger partial charge is 0.314 e. The van der Waals surface area contributed by atoms with Crippen molar-refractivity contribution in [2.45, 2.75) is 38.9 Å². The summed E-state index contributed by atoms with van der Waals surface area (Å²) in [7, 11) is 0. The lowest BCUT2D eigenvalue weighted by Crippen LogP contribution is -2.21. The van der Waals surface area contributed by atoms with Gasteiger partial charge in [0, 0.05) is 24.0 Å². The Bertz CT molecular complexity index is 579. The first-order valence-electron chi connectivity index (χ1n) is 6.64. The highest BCUT2D eigenvalue weighted by Gasteiger charge is 2.20. The Morgan fingerprint density at radius 2 is 2.21 bits per heavy atom. The van der Waals surface area contributed by atoms with Gasteiger partial charge >= 0.3 is 0 Å². The normalized spacial score (nSPS) is 15.5. The van der Waals surface area contributed by atoms with Crippen molar-refractivity contribution in [2.24, 2.45) is 0 Å². The second-order valence-corrected chi connectivity index (χ2v) is 5.78. The summed E-state index contributed by atoms with van der Waals surface area (Å²) in [6.45, 7) is 4.02. The fraction of sp³-hybridized carbons (Fsp3) is 0.429. The van der Waals surface area contributed by atoms with Crippen LogP contribution in [0, 0.1) is 0 Å². The zero-order valence-electron chi connectivity index (χ0n) is 10.9. The molecule has 0 saturated heterocycles. The number of aromatic nitrogens is 3. The van der Waals surface area contributed by atoms with Crippen LogP contribution in [0.3, 0.4) is 0 Å². The van der Waals surface area contributed by atoms with Gasteiger partial charge in [-0.05, 0) is 25.0 Å². The molecule has 19 heavy (non-hydrogen) atoms. The van der Waals surface area contributed by atoms with Gasteiger partial charge in [0.15, 0.2) is 0 Å². The van der Waals surface area contributed by atoms with E-state index in [2.05, 4.69) is 61.1 Å².